The predicted molar refractivity (Wildman–Crippen MR) is 98.4 cm³/mol. The predicted octanol–water partition coefficient (Wildman–Crippen LogP) is 2.12. The third kappa shape index (κ3) is 3.80. The van der Waals surface area contributed by atoms with E-state index in [-0.39, 0.29) is 12.5 Å². The molecule has 1 aromatic rings. The Bertz CT molecular complexity index is 775. The molecule has 7 nitrogen and oxygen atoms in total. The lowest BCUT2D eigenvalue weighted by molar-refractivity contribution is -0.139. The fourth-order valence-electron chi connectivity index (χ4n) is 3.65. The van der Waals surface area contributed by atoms with Crippen molar-refractivity contribution in [2.75, 3.05) is 19.6 Å². The van der Waals surface area contributed by atoms with Gasteiger partial charge in [-0.15, -0.1) is 0 Å². The second-order valence-electron chi connectivity index (χ2n) is 7.28. The Kier molecular flexibility index (Phi) is 5.45. The van der Waals surface area contributed by atoms with E-state index in [1.165, 1.54) is 6.42 Å². The van der Waals surface area contributed by atoms with Crippen LogP contribution in [0.4, 0.5) is 4.79 Å². The number of likely N-dealkylation sites (tertiary alicyclic amines) is 1. The Morgan fingerprint density at radius 2 is 1.70 bits per heavy atom. The number of nitriles is 1. The molecule has 1 atom stereocenters. The average Bonchev–Trinajstić information content (AvgIpc) is 2.85. The standard InChI is InChI=1S/C20H24N4O3/c1-20(16-9-7-15(13-21)8-10-16)18(26)24(19(27)22-20)14-17(25)23-11-5-3-2-4-6-12-23/h7-10H,2-6,11-12,14H2,1H3,(H,22,27). The van der Waals surface area contributed by atoms with E-state index in [1.807, 2.05) is 6.07 Å². The first-order valence-electron chi connectivity index (χ1n) is 9.38. The molecular formula is C20H24N4O3. The van der Waals surface area contributed by atoms with E-state index in [2.05, 4.69) is 5.32 Å². The van der Waals surface area contributed by atoms with E-state index in [0.717, 1.165) is 30.6 Å². The minimum Gasteiger partial charge on any atom is -0.341 e. The molecule has 2 heterocycles. The maximum absolute atomic E-state index is 12.9. The van der Waals surface area contributed by atoms with Gasteiger partial charge in [0.2, 0.25) is 5.91 Å². The lowest BCUT2D eigenvalue weighted by Gasteiger charge is -2.27. The Hall–Kier alpha value is -2.88. The molecule has 0 spiro atoms. The van der Waals surface area contributed by atoms with Crippen molar-refractivity contribution in [1.29, 1.82) is 5.26 Å². The number of amides is 4. The number of rotatable bonds is 3. The van der Waals surface area contributed by atoms with E-state index in [9.17, 15) is 14.4 Å². The van der Waals surface area contributed by atoms with E-state index >= 15 is 0 Å². The third-order valence-electron chi connectivity index (χ3n) is 5.37. The van der Waals surface area contributed by atoms with E-state index in [0.29, 0.717) is 24.2 Å². The lowest BCUT2D eigenvalue weighted by Crippen LogP contribution is -2.45. The van der Waals surface area contributed by atoms with Crippen LogP contribution in [0.2, 0.25) is 0 Å². The van der Waals surface area contributed by atoms with Crippen LogP contribution in [-0.4, -0.2) is 47.3 Å². The van der Waals surface area contributed by atoms with E-state index < -0.39 is 17.5 Å². The summed E-state index contributed by atoms with van der Waals surface area (Å²) in [7, 11) is 0. The number of urea groups is 1. The minimum absolute atomic E-state index is 0.190. The van der Waals surface area contributed by atoms with Crippen LogP contribution in [0.15, 0.2) is 24.3 Å². The molecule has 0 radical (unpaired) electrons. The summed E-state index contributed by atoms with van der Waals surface area (Å²) in [5.41, 5.74) is -0.175. The number of imide groups is 1. The molecule has 2 fully saturated rings. The van der Waals surface area contributed by atoms with Gasteiger partial charge in [0.05, 0.1) is 11.6 Å². The molecule has 1 unspecified atom stereocenters. The Morgan fingerprint density at radius 3 is 2.30 bits per heavy atom. The summed E-state index contributed by atoms with van der Waals surface area (Å²) in [6.45, 7) is 2.73. The Morgan fingerprint density at radius 1 is 1.11 bits per heavy atom. The summed E-state index contributed by atoms with van der Waals surface area (Å²) in [6.07, 6.45) is 5.30. The SMILES string of the molecule is CC1(c2ccc(C#N)cc2)NC(=O)N(CC(=O)N2CCCCCCC2)C1=O. The normalized spacial score (nSPS) is 23.4. The smallest absolute Gasteiger partial charge is 0.325 e. The summed E-state index contributed by atoms with van der Waals surface area (Å²) in [6, 6.07) is 7.98. The molecule has 2 aliphatic rings. The zero-order valence-corrected chi connectivity index (χ0v) is 15.5. The molecule has 0 bridgehead atoms. The van der Waals surface area contributed by atoms with Crippen molar-refractivity contribution in [3.05, 3.63) is 35.4 Å². The number of carbonyl (C=O) groups is 3. The first-order chi connectivity index (χ1) is 13.0. The molecule has 142 valence electrons. The van der Waals surface area contributed by atoms with E-state index in [1.54, 1.807) is 36.1 Å². The van der Waals surface area contributed by atoms with Crippen molar-refractivity contribution in [2.24, 2.45) is 0 Å². The summed E-state index contributed by atoms with van der Waals surface area (Å²) in [4.78, 5) is 40.8. The van der Waals surface area contributed by atoms with Gasteiger partial charge < -0.3 is 10.2 Å². The molecule has 1 aromatic carbocycles. The minimum atomic E-state index is -1.23. The molecule has 0 aromatic heterocycles. The molecule has 27 heavy (non-hydrogen) atoms. The highest BCUT2D eigenvalue weighted by Gasteiger charge is 2.49. The van der Waals surface area contributed by atoms with Crippen molar-refractivity contribution in [1.82, 2.24) is 15.1 Å². The van der Waals surface area contributed by atoms with Gasteiger partial charge >= 0.3 is 6.03 Å². The monoisotopic (exact) mass is 368 g/mol. The quantitative estimate of drug-likeness (QED) is 0.827. The molecule has 1 N–H and O–H groups in total. The number of nitrogens with one attached hydrogen (secondary N) is 1. The molecule has 0 saturated carbocycles. The highest BCUT2D eigenvalue weighted by molar-refractivity contribution is 6.09. The van der Waals surface area contributed by atoms with Gasteiger partial charge in [-0.05, 0) is 37.5 Å². The van der Waals surface area contributed by atoms with Crippen LogP contribution in [-0.2, 0) is 15.1 Å². The van der Waals surface area contributed by atoms with Gasteiger partial charge in [0.15, 0.2) is 0 Å². The summed E-state index contributed by atoms with van der Waals surface area (Å²) < 4.78 is 0. The second-order valence-corrected chi connectivity index (χ2v) is 7.28. The fourth-order valence-corrected chi connectivity index (χ4v) is 3.65. The Balaban J connectivity index is 1.73. The van der Waals surface area contributed by atoms with Gasteiger partial charge in [-0.3, -0.25) is 14.5 Å². The number of nitrogens with zero attached hydrogens (tertiary/aromatic N) is 3. The van der Waals surface area contributed by atoms with Gasteiger partial charge in [-0.2, -0.15) is 5.26 Å². The van der Waals surface area contributed by atoms with Crippen LogP contribution in [0.5, 0.6) is 0 Å². The van der Waals surface area contributed by atoms with Crippen LogP contribution in [0, 0.1) is 11.3 Å². The van der Waals surface area contributed by atoms with Crippen molar-refractivity contribution < 1.29 is 14.4 Å². The van der Waals surface area contributed by atoms with Crippen LogP contribution < -0.4 is 5.32 Å². The van der Waals surface area contributed by atoms with E-state index in [4.69, 9.17) is 5.26 Å². The maximum atomic E-state index is 12.9. The number of carbonyl (C=O) groups excluding carboxylic acids is 3. The fraction of sp³-hybridized carbons (Fsp3) is 0.500. The van der Waals surface area contributed by atoms with Gasteiger partial charge in [0, 0.05) is 13.1 Å². The molecule has 4 amide bonds. The van der Waals surface area contributed by atoms with Gasteiger partial charge in [0.25, 0.3) is 5.91 Å². The molecule has 7 heteroatoms. The van der Waals surface area contributed by atoms with Gasteiger partial charge in [-0.1, -0.05) is 31.4 Å². The zero-order chi connectivity index (χ0) is 19.4. The molecule has 2 saturated heterocycles. The first-order valence-corrected chi connectivity index (χ1v) is 9.38. The van der Waals surface area contributed by atoms with Crippen LogP contribution >= 0.6 is 0 Å². The summed E-state index contributed by atoms with van der Waals surface area (Å²) in [5.74, 6) is -0.637. The number of hydrogen-bond acceptors (Lipinski definition) is 4. The summed E-state index contributed by atoms with van der Waals surface area (Å²) >= 11 is 0. The topological polar surface area (TPSA) is 93.5 Å². The largest absolute Gasteiger partial charge is 0.341 e. The summed E-state index contributed by atoms with van der Waals surface area (Å²) in [5, 5.41) is 11.6. The molecule has 3 rings (SSSR count). The van der Waals surface area contributed by atoms with Crippen LogP contribution in [0.1, 0.15) is 50.2 Å². The molecule has 0 aliphatic carbocycles. The zero-order valence-electron chi connectivity index (χ0n) is 15.5. The number of benzene rings is 1. The highest BCUT2D eigenvalue weighted by Crippen LogP contribution is 2.29. The van der Waals surface area contributed by atoms with Crippen molar-refractivity contribution in [3.8, 4) is 6.07 Å². The van der Waals surface area contributed by atoms with Crippen molar-refractivity contribution >= 4 is 17.8 Å². The van der Waals surface area contributed by atoms with Crippen molar-refractivity contribution in [2.45, 2.75) is 44.6 Å². The van der Waals surface area contributed by atoms with Crippen LogP contribution in [0.25, 0.3) is 0 Å². The average molecular weight is 368 g/mol. The van der Waals surface area contributed by atoms with Crippen molar-refractivity contribution in [3.63, 3.8) is 0 Å². The number of hydrogen-bond donors (Lipinski definition) is 1. The molecular weight excluding hydrogens is 344 g/mol. The van der Waals surface area contributed by atoms with Gasteiger partial charge in [0.1, 0.15) is 12.1 Å². The maximum Gasteiger partial charge on any atom is 0.325 e. The first kappa shape index (κ1) is 18.9. The molecule has 2 aliphatic heterocycles. The van der Waals surface area contributed by atoms with Gasteiger partial charge in [-0.25, -0.2) is 4.79 Å². The van der Waals surface area contributed by atoms with Crippen LogP contribution in [0.3, 0.4) is 0 Å². The highest BCUT2D eigenvalue weighted by atomic mass is 16.2. The second kappa shape index (κ2) is 7.78. The third-order valence-corrected chi connectivity index (χ3v) is 5.37. The lowest BCUT2D eigenvalue weighted by atomic mass is 9.91. The Labute approximate surface area is 158 Å².